The van der Waals surface area contributed by atoms with E-state index < -0.39 is 17.4 Å². The van der Waals surface area contributed by atoms with Crippen molar-refractivity contribution in [3.05, 3.63) is 75.7 Å². The summed E-state index contributed by atoms with van der Waals surface area (Å²) >= 11 is 6.58. The number of benzene rings is 2. The summed E-state index contributed by atoms with van der Waals surface area (Å²) in [6.07, 6.45) is -3.67. The quantitative estimate of drug-likeness (QED) is 0.513. The summed E-state index contributed by atoms with van der Waals surface area (Å²) in [6, 6.07) is 12.1. The number of nitrogens with zero attached hydrogens (tertiary/aromatic N) is 1. The van der Waals surface area contributed by atoms with Crippen LogP contribution in [0.5, 0.6) is 11.5 Å². The van der Waals surface area contributed by atoms with Gasteiger partial charge in [0, 0.05) is 24.6 Å². The molecule has 0 saturated carbocycles. The fourth-order valence-electron chi connectivity index (χ4n) is 4.98. The number of hydrogen-bond donors (Lipinski definition) is 0. The second-order valence-corrected chi connectivity index (χ2v) is 8.59. The topological polar surface area (TPSA) is 34.8 Å². The highest BCUT2D eigenvalue weighted by atomic mass is 35.5. The molecule has 0 aliphatic carbocycles. The third kappa shape index (κ3) is 2.75. The molecule has 1 spiro atoms. The zero-order chi connectivity index (χ0) is 21.4. The summed E-state index contributed by atoms with van der Waals surface area (Å²) in [7, 11) is 0. The van der Waals surface area contributed by atoms with Crippen LogP contribution in [0.15, 0.2) is 46.9 Å². The van der Waals surface area contributed by atoms with Crippen LogP contribution in [0, 0.1) is 0 Å². The van der Waals surface area contributed by atoms with Crippen LogP contribution in [0.25, 0.3) is 0 Å². The lowest BCUT2D eigenvalue weighted by Crippen LogP contribution is -2.35. The zero-order valence-corrected chi connectivity index (χ0v) is 17.0. The molecular weight excluding hydrogens is 431 g/mol. The fourth-order valence-corrected chi connectivity index (χ4v) is 5.28. The average Bonchev–Trinajstić information content (AvgIpc) is 3.48. The predicted molar refractivity (Wildman–Crippen MR) is 108 cm³/mol. The highest BCUT2D eigenvalue weighted by Crippen LogP contribution is 2.55. The van der Waals surface area contributed by atoms with Gasteiger partial charge in [-0.05, 0) is 35.4 Å². The predicted octanol–water partition coefficient (Wildman–Crippen LogP) is 5.59. The van der Waals surface area contributed by atoms with E-state index in [1.807, 2.05) is 23.1 Å². The molecule has 1 atom stereocenters. The van der Waals surface area contributed by atoms with E-state index in [0.717, 1.165) is 46.4 Å². The molecular formula is C23H17ClF3NO3. The van der Waals surface area contributed by atoms with Crippen molar-refractivity contribution in [2.75, 3.05) is 24.7 Å². The lowest BCUT2D eigenvalue weighted by Gasteiger charge is -2.25. The summed E-state index contributed by atoms with van der Waals surface area (Å²) in [6.45, 7) is 1.79. The van der Waals surface area contributed by atoms with Crippen LogP contribution < -0.4 is 14.4 Å². The van der Waals surface area contributed by atoms with E-state index >= 15 is 0 Å². The Bertz CT molecular complexity index is 1210. The van der Waals surface area contributed by atoms with Crippen LogP contribution in [-0.2, 0) is 24.6 Å². The molecule has 6 rings (SSSR count). The van der Waals surface area contributed by atoms with Crippen molar-refractivity contribution in [1.82, 2.24) is 0 Å². The number of para-hydroxylation sites is 1. The molecule has 3 aromatic rings. The van der Waals surface area contributed by atoms with Crippen molar-refractivity contribution in [3.8, 4) is 11.5 Å². The summed E-state index contributed by atoms with van der Waals surface area (Å²) < 4.78 is 55.8. The van der Waals surface area contributed by atoms with Crippen molar-refractivity contribution < 1.29 is 27.1 Å². The first-order valence-electron chi connectivity index (χ1n) is 9.98. The molecule has 0 N–H and O–H groups in total. The van der Waals surface area contributed by atoms with Gasteiger partial charge in [0.15, 0.2) is 0 Å². The Balaban J connectivity index is 1.43. The first-order valence-corrected chi connectivity index (χ1v) is 10.4. The largest absolute Gasteiger partial charge is 0.493 e. The molecule has 0 radical (unpaired) electrons. The number of alkyl halides is 3. The van der Waals surface area contributed by atoms with E-state index in [9.17, 15) is 13.2 Å². The second kappa shape index (κ2) is 6.36. The molecule has 8 heteroatoms. The van der Waals surface area contributed by atoms with Gasteiger partial charge in [0.05, 0.1) is 29.3 Å². The molecule has 2 aromatic carbocycles. The Morgan fingerprint density at radius 2 is 1.90 bits per heavy atom. The Morgan fingerprint density at radius 1 is 1.03 bits per heavy atom. The molecule has 1 unspecified atom stereocenters. The molecule has 0 amide bonds. The minimum absolute atomic E-state index is 0.179. The molecule has 3 aliphatic heterocycles. The van der Waals surface area contributed by atoms with Crippen molar-refractivity contribution >= 4 is 17.3 Å². The summed E-state index contributed by atoms with van der Waals surface area (Å²) in [4.78, 5) is 1.98. The minimum Gasteiger partial charge on any atom is -0.493 e. The van der Waals surface area contributed by atoms with E-state index in [-0.39, 0.29) is 12.3 Å². The van der Waals surface area contributed by atoms with Crippen molar-refractivity contribution in [2.45, 2.75) is 24.6 Å². The molecule has 1 aromatic heterocycles. The Morgan fingerprint density at radius 3 is 2.71 bits per heavy atom. The Labute approximate surface area is 181 Å². The van der Waals surface area contributed by atoms with Crippen molar-refractivity contribution in [2.24, 2.45) is 0 Å². The van der Waals surface area contributed by atoms with Crippen molar-refractivity contribution in [1.29, 1.82) is 0 Å². The highest BCUT2D eigenvalue weighted by Gasteiger charge is 2.51. The molecule has 160 valence electrons. The van der Waals surface area contributed by atoms with Gasteiger partial charge in [-0.1, -0.05) is 23.7 Å². The lowest BCUT2D eigenvalue weighted by molar-refractivity contribution is -0.153. The molecule has 0 saturated heterocycles. The van der Waals surface area contributed by atoms with Gasteiger partial charge in [0.2, 0.25) is 5.76 Å². The molecule has 31 heavy (non-hydrogen) atoms. The van der Waals surface area contributed by atoms with Gasteiger partial charge in [-0.2, -0.15) is 13.2 Å². The minimum atomic E-state index is -4.51. The third-order valence-corrected chi connectivity index (χ3v) is 6.65. The van der Waals surface area contributed by atoms with Crippen molar-refractivity contribution in [3.63, 3.8) is 0 Å². The third-order valence-electron chi connectivity index (χ3n) is 6.35. The molecule has 4 nitrogen and oxygen atoms in total. The van der Waals surface area contributed by atoms with Gasteiger partial charge in [-0.25, -0.2) is 0 Å². The number of anilines is 1. The molecule has 0 bridgehead atoms. The van der Waals surface area contributed by atoms with Crippen LogP contribution in [0.3, 0.4) is 0 Å². The van der Waals surface area contributed by atoms with E-state index in [1.54, 1.807) is 6.07 Å². The highest BCUT2D eigenvalue weighted by molar-refractivity contribution is 6.33. The van der Waals surface area contributed by atoms with Crippen LogP contribution in [-0.4, -0.2) is 19.8 Å². The number of fused-ring (bicyclic) bond motifs is 5. The molecule has 4 heterocycles. The van der Waals surface area contributed by atoms with Gasteiger partial charge in [0.1, 0.15) is 23.9 Å². The summed E-state index contributed by atoms with van der Waals surface area (Å²) in [5.74, 6) is 0.871. The van der Waals surface area contributed by atoms with Gasteiger partial charge >= 0.3 is 6.18 Å². The van der Waals surface area contributed by atoms with Crippen LogP contribution in [0.2, 0.25) is 5.02 Å². The Kier molecular flexibility index (Phi) is 3.88. The normalized spacial score (nSPS) is 21.1. The SMILES string of the molecule is FC(F)(F)c1ccc(CN2CC3(COc4cc5c(cc43)CCO5)c3cccc(Cl)c32)o1. The number of furan rings is 1. The van der Waals surface area contributed by atoms with E-state index in [1.165, 1.54) is 6.07 Å². The Hall–Kier alpha value is -2.80. The van der Waals surface area contributed by atoms with Crippen LogP contribution in [0.4, 0.5) is 18.9 Å². The maximum absolute atomic E-state index is 13.0. The number of ether oxygens (including phenoxy) is 2. The number of hydrogen-bond acceptors (Lipinski definition) is 4. The van der Waals surface area contributed by atoms with Gasteiger partial charge in [0.25, 0.3) is 0 Å². The lowest BCUT2D eigenvalue weighted by atomic mass is 9.77. The van der Waals surface area contributed by atoms with Crippen LogP contribution >= 0.6 is 11.6 Å². The van der Waals surface area contributed by atoms with E-state index in [4.69, 9.17) is 25.5 Å². The zero-order valence-electron chi connectivity index (χ0n) is 16.3. The maximum Gasteiger partial charge on any atom is 0.449 e. The first-order chi connectivity index (χ1) is 14.8. The van der Waals surface area contributed by atoms with E-state index in [0.29, 0.717) is 24.8 Å². The summed E-state index contributed by atoms with van der Waals surface area (Å²) in [5, 5.41) is 0.551. The maximum atomic E-state index is 13.0. The standard InChI is InChI=1S/C23H17ClF3NO3/c24-17-3-1-2-15-21(17)28(10-14-4-5-20(31-14)23(25,26)27)11-22(15)12-30-19-9-18-13(6-7-29-18)8-16(19)22/h1-5,8-9H,6-7,10-12H2. The average molecular weight is 448 g/mol. The number of halogens is 4. The van der Waals surface area contributed by atoms with E-state index in [2.05, 4.69) is 6.07 Å². The second-order valence-electron chi connectivity index (χ2n) is 8.18. The van der Waals surface area contributed by atoms with Gasteiger partial charge in [-0.3, -0.25) is 0 Å². The number of rotatable bonds is 2. The molecule has 0 fully saturated rings. The first kappa shape index (κ1) is 18.9. The smallest absolute Gasteiger partial charge is 0.449 e. The van der Waals surface area contributed by atoms with Gasteiger partial charge in [-0.15, -0.1) is 0 Å². The monoisotopic (exact) mass is 447 g/mol. The van der Waals surface area contributed by atoms with Crippen LogP contribution in [0.1, 0.15) is 28.2 Å². The summed E-state index contributed by atoms with van der Waals surface area (Å²) in [5.41, 5.74) is 3.58. The fraction of sp³-hybridized carbons (Fsp3) is 0.304. The van der Waals surface area contributed by atoms with Gasteiger partial charge < -0.3 is 18.8 Å². The molecule has 3 aliphatic rings.